The maximum Gasteiger partial charge on any atom is 0.242 e. The fourth-order valence-electron chi connectivity index (χ4n) is 0.735. The van der Waals surface area contributed by atoms with Gasteiger partial charge in [-0.3, -0.25) is 4.57 Å². The Morgan fingerprint density at radius 1 is 1.14 bits per heavy atom. The maximum absolute atomic E-state index is 11.2. The zero-order valence-electron chi connectivity index (χ0n) is 8.23. The molecule has 1 aromatic rings. The van der Waals surface area contributed by atoms with Crippen molar-refractivity contribution in [2.45, 2.75) is 7.43 Å². The second kappa shape index (κ2) is 8.65. The zero-order chi connectivity index (χ0) is 8.32. The minimum Gasteiger partial charge on any atom is -0.443 e. The Balaban J connectivity index is -0.000000403. The van der Waals surface area contributed by atoms with Gasteiger partial charge >= 0.3 is 0 Å². The number of hydrogen-bond acceptors (Lipinski definition) is 2. The van der Waals surface area contributed by atoms with Gasteiger partial charge in [0, 0.05) is 46.0 Å². The van der Waals surface area contributed by atoms with Gasteiger partial charge in [0.1, 0.15) is 5.75 Å². The van der Waals surface area contributed by atoms with Crippen LogP contribution in [0, 0.1) is 7.43 Å². The fraction of sp³-hybridized carbons (Fsp3) is 0.300. The van der Waals surface area contributed by atoms with Gasteiger partial charge in [-0.05, 0) is 12.1 Å². The van der Waals surface area contributed by atoms with Crippen molar-refractivity contribution in [3.63, 3.8) is 0 Å². The Kier molecular flexibility index (Phi) is 12.3. The molecular weight excluding hydrogens is 272 g/mol. The minimum absolute atomic E-state index is 0. The number of benzene rings is 1. The molecule has 79 valence electrons. The van der Waals surface area contributed by atoms with E-state index in [4.69, 9.17) is 4.52 Å². The summed E-state index contributed by atoms with van der Waals surface area (Å²) in [5.41, 5.74) is 0. The Morgan fingerprint density at radius 2 is 1.57 bits per heavy atom. The van der Waals surface area contributed by atoms with E-state index in [9.17, 15) is 4.57 Å². The van der Waals surface area contributed by atoms with Crippen LogP contribution in [0.5, 0.6) is 5.75 Å². The summed E-state index contributed by atoms with van der Waals surface area (Å²) in [6.45, 7) is 3.19. The average molecular weight is 290 g/mol. The molecule has 1 rings (SSSR count). The summed E-state index contributed by atoms with van der Waals surface area (Å²) in [4.78, 5) is 0. The molecule has 0 aromatic heterocycles. The number of hydrogen-bond donors (Lipinski definition) is 0. The summed E-state index contributed by atoms with van der Waals surface area (Å²) in [5.74, 6) is 0.667. The Labute approximate surface area is 113 Å². The molecule has 14 heavy (non-hydrogen) atoms. The van der Waals surface area contributed by atoms with Crippen LogP contribution in [0.1, 0.15) is 7.43 Å². The second-order valence-electron chi connectivity index (χ2n) is 2.66. The summed E-state index contributed by atoms with van der Waals surface area (Å²) < 4.78 is 16.3. The van der Waals surface area contributed by atoms with Crippen LogP contribution >= 0.6 is 7.37 Å². The van der Waals surface area contributed by atoms with E-state index in [2.05, 4.69) is 0 Å². The first-order chi connectivity index (χ1) is 5.08. The van der Waals surface area contributed by atoms with Crippen molar-refractivity contribution >= 4 is 7.37 Å². The molecule has 0 amide bonds. The molecule has 0 saturated carbocycles. The molecule has 0 heterocycles. The molecule has 4 heteroatoms. The molecule has 0 spiro atoms. The first kappa shape index (κ1) is 19.9. The Bertz CT molecular complexity index is 269. The zero-order valence-corrected chi connectivity index (χ0v) is 12.0. The van der Waals surface area contributed by atoms with Crippen molar-refractivity contribution in [1.29, 1.82) is 0 Å². The van der Waals surface area contributed by atoms with Crippen molar-refractivity contribution in [1.82, 2.24) is 0 Å². The molecule has 0 fully saturated rings. The molecule has 2 nitrogen and oxygen atoms in total. The van der Waals surface area contributed by atoms with E-state index < -0.39 is 7.37 Å². The van der Waals surface area contributed by atoms with E-state index in [1.54, 1.807) is 25.5 Å². The summed E-state index contributed by atoms with van der Waals surface area (Å²) in [5, 5.41) is 0. The summed E-state index contributed by atoms with van der Waals surface area (Å²) in [6, 6.07) is 9.18. The van der Waals surface area contributed by atoms with Crippen LogP contribution in [-0.2, 0) is 37.3 Å². The molecule has 0 unspecified atom stereocenters. The summed E-state index contributed by atoms with van der Waals surface area (Å²) in [7, 11) is -2.39. The van der Waals surface area contributed by atoms with Gasteiger partial charge in [-0.2, -0.15) is 0 Å². The van der Waals surface area contributed by atoms with E-state index in [1.807, 2.05) is 18.2 Å². The third-order valence-electron chi connectivity index (χ3n) is 1.07. The third-order valence-corrected chi connectivity index (χ3v) is 1.72. The molecular formula is C10H18O2PY-. The van der Waals surface area contributed by atoms with Gasteiger partial charge in [0.2, 0.25) is 7.37 Å². The largest absolute Gasteiger partial charge is 0.443 e. The van der Waals surface area contributed by atoms with Crippen LogP contribution in [-0.4, -0.2) is 13.3 Å². The molecule has 0 aliphatic heterocycles. The van der Waals surface area contributed by atoms with E-state index in [1.165, 1.54) is 0 Å². The van der Waals surface area contributed by atoms with Crippen LogP contribution in [0.25, 0.3) is 0 Å². The smallest absolute Gasteiger partial charge is 0.242 e. The quantitative estimate of drug-likeness (QED) is 0.613. The minimum atomic E-state index is -2.39. The van der Waals surface area contributed by atoms with Crippen LogP contribution in [0.4, 0.5) is 0 Å². The van der Waals surface area contributed by atoms with Crippen molar-refractivity contribution in [2.75, 3.05) is 13.3 Å². The van der Waals surface area contributed by atoms with Crippen molar-refractivity contribution in [3.8, 4) is 5.75 Å². The monoisotopic (exact) mass is 290 g/mol. The van der Waals surface area contributed by atoms with E-state index in [0.717, 1.165) is 0 Å². The molecule has 0 bridgehead atoms. The van der Waals surface area contributed by atoms with Gasteiger partial charge in [0.05, 0.1) is 0 Å². The maximum atomic E-state index is 11.2. The van der Waals surface area contributed by atoms with Crippen molar-refractivity contribution in [3.05, 3.63) is 37.8 Å². The van der Waals surface area contributed by atoms with E-state index in [-0.39, 0.29) is 47.6 Å². The normalized spacial score (nSPS) is 8.71. The molecule has 0 saturated heterocycles. The van der Waals surface area contributed by atoms with Gasteiger partial charge in [-0.25, -0.2) is 0 Å². The van der Waals surface area contributed by atoms with Crippen LogP contribution < -0.4 is 4.52 Å². The van der Waals surface area contributed by atoms with Crippen LogP contribution in [0.2, 0.25) is 0 Å². The van der Waals surface area contributed by atoms with E-state index in [0.29, 0.717) is 5.75 Å². The predicted molar refractivity (Wildman–Crippen MR) is 59.7 cm³/mol. The van der Waals surface area contributed by atoms with Gasteiger partial charge in [0.25, 0.3) is 0 Å². The summed E-state index contributed by atoms with van der Waals surface area (Å²) in [6.07, 6.45) is 0. The summed E-state index contributed by atoms with van der Waals surface area (Å²) >= 11 is 0. The van der Waals surface area contributed by atoms with E-state index >= 15 is 0 Å². The first-order valence-electron chi connectivity index (χ1n) is 3.37. The van der Waals surface area contributed by atoms with Crippen LogP contribution in [0.3, 0.4) is 0 Å². The van der Waals surface area contributed by atoms with Crippen LogP contribution in [0.15, 0.2) is 30.3 Å². The standard InChI is InChI=1S/C8H11O2P.CH4.CH3.Y/c1-11(2,9)10-8-6-4-3-5-7-8;;;/h3-7H,1-2H3;1H4;1H3;/q;;-1;. The first-order valence-corrected chi connectivity index (χ1v) is 5.89. The SMILES string of the molecule is C.CP(C)(=O)Oc1ccccc1.[CH3-].[Y]. The molecule has 1 aromatic carbocycles. The van der Waals surface area contributed by atoms with Gasteiger partial charge < -0.3 is 12.0 Å². The van der Waals surface area contributed by atoms with Gasteiger partial charge in [-0.1, -0.05) is 25.6 Å². The Morgan fingerprint density at radius 3 is 1.93 bits per heavy atom. The Hall–Kier alpha value is 0.354. The predicted octanol–water partition coefficient (Wildman–Crippen LogP) is 3.69. The molecule has 1 radical (unpaired) electrons. The number of rotatable bonds is 2. The van der Waals surface area contributed by atoms with Crippen molar-refractivity contribution < 1.29 is 41.8 Å². The topological polar surface area (TPSA) is 26.3 Å². The third kappa shape index (κ3) is 8.93. The van der Waals surface area contributed by atoms with Gasteiger partial charge in [0.15, 0.2) is 0 Å². The van der Waals surface area contributed by atoms with Gasteiger partial charge in [-0.15, -0.1) is 0 Å². The second-order valence-corrected chi connectivity index (χ2v) is 5.34. The molecule has 0 N–H and O–H groups in total. The fourth-order valence-corrected chi connectivity index (χ4v) is 1.36. The molecule has 0 aliphatic rings. The average Bonchev–Trinajstić information content (AvgIpc) is 1.85. The molecule has 0 aliphatic carbocycles. The molecule has 0 atom stereocenters. The van der Waals surface area contributed by atoms with Crippen molar-refractivity contribution in [2.24, 2.45) is 0 Å². The number of para-hydroxylation sites is 1.